The van der Waals surface area contributed by atoms with Crippen LogP contribution in [0.4, 0.5) is 4.79 Å². The summed E-state index contributed by atoms with van der Waals surface area (Å²) in [6, 6.07) is -1.01. The molecule has 2 N–H and O–H groups in total. The predicted molar refractivity (Wildman–Crippen MR) is 71.8 cm³/mol. The van der Waals surface area contributed by atoms with Crippen molar-refractivity contribution in [2.75, 3.05) is 13.1 Å². The molecule has 0 spiro atoms. The molecule has 0 aromatic heterocycles. The zero-order chi connectivity index (χ0) is 14.0. The van der Waals surface area contributed by atoms with Gasteiger partial charge in [0, 0.05) is 13.1 Å². The predicted octanol–water partition coefficient (Wildman–Crippen LogP) is 1.93. The number of carbonyl (C=O) groups excluding carboxylic acids is 1. The van der Waals surface area contributed by atoms with Crippen LogP contribution in [0.3, 0.4) is 0 Å². The number of nitrogens with one attached hydrogen (secondary N) is 1. The van der Waals surface area contributed by atoms with E-state index >= 15 is 0 Å². The molecule has 0 radical (unpaired) electrons. The number of carboxylic acids is 1. The molecular formula is C14H24N2O3. The van der Waals surface area contributed by atoms with Gasteiger partial charge in [-0.3, -0.25) is 0 Å². The van der Waals surface area contributed by atoms with E-state index in [9.17, 15) is 9.59 Å². The summed E-state index contributed by atoms with van der Waals surface area (Å²) in [4.78, 5) is 25.2. The van der Waals surface area contributed by atoms with E-state index in [0.29, 0.717) is 11.8 Å². The second kappa shape index (κ2) is 5.80. The van der Waals surface area contributed by atoms with Crippen molar-refractivity contribution in [2.24, 2.45) is 17.8 Å². The molecule has 2 fully saturated rings. The SMILES string of the molecule is CC(C)[C@@H](NC(=O)N(CC1CC1)CC1CC1)C(=O)O. The minimum absolute atomic E-state index is 0.106. The van der Waals surface area contributed by atoms with Crippen molar-refractivity contribution < 1.29 is 14.7 Å². The van der Waals surface area contributed by atoms with Crippen LogP contribution in [0.15, 0.2) is 0 Å². The Morgan fingerprint density at radius 1 is 1.16 bits per heavy atom. The summed E-state index contributed by atoms with van der Waals surface area (Å²) in [5.41, 5.74) is 0. The molecule has 0 bridgehead atoms. The van der Waals surface area contributed by atoms with E-state index in [2.05, 4.69) is 5.32 Å². The average Bonchev–Trinajstić information content (AvgIpc) is 3.17. The first-order valence-corrected chi connectivity index (χ1v) is 7.25. The second-order valence-electron chi connectivity index (χ2n) is 6.30. The minimum Gasteiger partial charge on any atom is -0.480 e. The molecular weight excluding hydrogens is 244 g/mol. The maximum absolute atomic E-state index is 12.2. The largest absolute Gasteiger partial charge is 0.480 e. The highest BCUT2D eigenvalue weighted by molar-refractivity contribution is 5.82. The summed E-state index contributed by atoms with van der Waals surface area (Å²) in [5.74, 6) is 0.199. The van der Waals surface area contributed by atoms with Crippen molar-refractivity contribution in [3.63, 3.8) is 0 Å². The number of hydrogen-bond acceptors (Lipinski definition) is 2. The smallest absolute Gasteiger partial charge is 0.326 e. The van der Waals surface area contributed by atoms with E-state index in [4.69, 9.17) is 5.11 Å². The monoisotopic (exact) mass is 268 g/mol. The zero-order valence-electron chi connectivity index (χ0n) is 11.8. The Kier molecular flexibility index (Phi) is 4.32. The van der Waals surface area contributed by atoms with Crippen LogP contribution in [0.25, 0.3) is 0 Å². The number of nitrogens with zero attached hydrogens (tertiary/aromatic N) is 1. The first-order chi connectivity index (χ1) is 8.97. The molecule has 0 unspecified atom stereocenters. The molecule has 2 aliphatic rings. The molecule has 5 nitrogen and oxygen atoms in total. The Labute approximate surface area is 114 Å². The number of carbonyl (C=O) groups is 2. The molecule has 1 atom stereocenters. The molecule has 2 amide bonds. The van der Waals surface area contributed by atoms with Gasteiger partial charge in [-0.05, 0) is 43.4 Å². The van der Waals surface area contributed by atoms with E-state index in [1.165, 1.54) is 25.7 Å². The van der Waals surface area contributed by atoms with E-state index in [1.54, 1.807) is 0 Å². The third kappa shape index (κ3) is 4.40. The fourth-order valence-electron chi connectivity index (χ4n) is 2.20. The van der Waals surface area contributed by atoms with Gasteiger partial charge in [-0.1, -0.05) is 13.8 Å². The number of aliphatic carboxylic acids is 1. The molecule has 2 rings (SSSR count). The maximum Gasteiger partial charge on any atom is 0.326 e. The first kappa shape index (κ1) is 14.2. The topological polar surface area (TPSA) is 69.6 Å². The molecule has 0 heterocycles. The summed E-state index contributed by atoms with van der Waals surface area (Å²) in [5, 5.41) is 11.8. The van der Waals surface area contributed by atoms with Crippen LogP contribution < -0.4 is 5.32 Å². The number of carboxylic acid groups (broad SMARTS) is 1. The zero-order valence-corrected chi connectivity index (χ0v) is 11.8. The van der Waals surface area contributed by atoms with Crippen LogP contribution >= 0.6 is 0 Å². The standard InChI is InChI=1S/C14H24N2O3/c1-9(2)12(13(17)18)15-14(19)16(7-10-3-4-10)8-11-5-6-11/h9-12H,3-8H2,1-2H3,(H,15,19)(H,17,18)/t12-/m1/s1. The molecule has 0 saturated heterocycles. The van der Waals surface area contributed by atoms with Crippen LogP contribution in [0.1, 0.15) is 39.5 Å². The van der Waals surface area contributed by atoms with Crippen molar-refractivity contribution in [3.05, 3.63) is 0 Å². The Morgan fingerprint density at radius 3 is 1.95 bits per heavy atom. The highest BCUT2D eigenvalue weighted by atomic mass is 16.4. The number of urea groups is 1. The summed E-state index contributed by atoms with van der Waals surface area (Å²) >= 11 is 0. The lowest BCUT2D eigenvalue weighted by atomic mass is 10.1. The van der Waals surface area contributed by atoms with Crippen LogP contribution in [0.5, 0.6) is 0 Å². The molecule has 5 heteroatoms. The van der Waals surface area contributed by atoms with Crippen molar-refractivity contribution in [3.8, 4) is 0 Å². The van der Waals surface area contributed by atoms with Crippen molar-refractivity contribution in [1.29, 1.82) is 0 Å². The van der Waals surface area contributed by atoms with E-state index in [0.717, 1.165) is 13.1 Å². The highest BCUT2D eigenvalue weighted by Crippen LogP contribution is 2.33. The van der Waals surface area contributed by atoms with Gasteiger partial charge in [0.15, 0.2) is 0 Å². The van der Waals surface area contributed by atoms with Gasteiger partial charge >= 0.3 is 12.0 Å². The molecule has 0 aromatic rings. The first-order valence-electron chi connectivity index (χ1n) is 7.25. The van der Waals surface area contributed by atoms with Crippen LogP contribution in [0, 0.1) is 17.8 Å². The lowest BCUT2D eigenvalue weighted by Gasteiger charge is -2.26. The number of amides is 2. The normalized spacial score (nSPS) is 20.2. The lowest BCUT2D eigenvalue weighted by Crippen LogP contribution is -2.51. The van der Waals surface area contributed by atoms with E-state index in [1.807, 2.05) is 18.7 Å². The lowest BCUT2D eigenvalue weighted by molar-refractivity contribution is -0.140. The van der Waals surface area contributed by atoms with Gasteiger partial charge in [-0.2, -0.15) is 0 Å². The number of hydrogen-bond donors (Lipinski definition) is 2. The third-order valence-corrected chi connectivity index (χ3v) is 3.85. The Morgan fingerprint density at radius 2 is 1.63 bits per heavy atom. The van der Waals surface area contributed by atoms with E-state index < -0.39 is 12.0 Å². The molecule has 2 aliphatic carbocycles. The van der Waals surface area contributed by atoms with Crippen molar-refractivity contribution >= 4 is 12.0 Å². The van der Waals surface area contributed by atoms with Crippen LogP contribution in [0.2, 0.25) is 0 Å². The Hall–Kier alpha value is -1.26. The van der Waals surface area contributed by atoms with Crippen molar-refractivity contribution in [2.45, 2.75) is 45.6 Å². The number of rotatable bonds is 7. The van der Waals surface area contributed by atoms with E-state index in [-0.39, 0.29) is 11.9 Å². The summed E-state index contributed by atoms with van der Waals surface area (Å²) in [6.07, 6.45) is 4.78. The Balaban J connectivity index is 1.90. The van der Waals surface area contributed by atoms with Crippen LogP contribution in [-0.2, 0) is 4.79 Å². The van der Waals surface area contributed by atoms with Gasteiger partial charge in [0.25, 0.3) is 0 Å². The van der Waals surface area contributed by atoms with Gasteiger partial charge in [-0.25, -0.2) is 9.59 Å². The van der Waals surface area contributed by atoms with Crippen molar-refractivity contribution in [1.82, 2.24) is 10.2 Å². The fraction of sp³-hybridized carbons (Fsp3) is 0.857. The molecule has 108 valence electrons. The summed E-state index contributed by atoms with van der Waals surface area (Å²) in [6.45, 7) is 5.19. The molecule has 0 aromatic carbocycles. The summed E-state index contributed by atoms with van der Waals surface area (Å²) in [7, 11) is 0. The molecule has 19 heavy (non-hydrogen) atoms. The van der Waals surface area contributed by atoms with Gasteiger partial charge in [-0.15, -0.1) is 0 Å². The quantitative estimate of drug-likeness (QED) is 0.741. The fourth-order valence-corrected chi connectivity index (χ4v) is 2.20. The molecule has 0 aliphatic heterocycles. The van der Waals surface area contributed by atoms with Gasteiger partial charge in [0.1, 0.15) is 6.04 Å². The average molecular weight is 268 g/mol. The van der Waals surface area contributed by atoms with Gasteiger partial charge in [0.05, 0.1) is 0 Å². The maximum atomic E-state index is 12.2. The second-order valence-corrected chi connectivity index (χ2v) is 6.30. The molecule has 2 saturated carbocycles. The summed E-state index contributed by atoms with van der Waals surface area (Å²) < 4.78 is 0. The third-order valence-electron chi connectivity index (χ3n) is 3.85. The van der Waals surface area contributed by atoms with Gasteiger partial charge in [0.2, 0.25) is 0 Å². The minimum atomic E-state index is -0.957. The Bertz CT molecular complexity index is 335. The van der Waals surface area contributed by atoms with Crippen LogP contribution in [-0.4, -0.2) is 41.1 Å². The highest BCUT2D eigenvalue weighted by Gasteiger charge is 2.33. The van der Waals surface area contributed by atoms with Gasteiger partial charge < -0.3 is 15.3 Å².